The van der Waals surface area contributed by atoms with Crippen LogP contribution in [0.25, 0.3) is 0 Å². The van der Waals surface area contributed by atoms with Gasteiger partial charge in [-0.1, -0.05) is 64.7 Å². The van der Waals surface area contributed by atoms with Crippen molar-refractivity contribution >= 4 is 11.9 Å². The molecule has 0 fully saturated rings. The van der Waals surface area contributed by atoms with Crippen LogP contribution < -0.4 is 0 Å². The summed E-state index contributed by atoms with van der Waals surface area (Å²) in [6, 6.07) is 0. The van der Waals surface area contributed by atoms with Gasteiger partial charge in [0.2, 0.25) is 0 Å². The normalized spacial score (nSPS) is 13.3. The highest BCUT2D eigenvalue weighted by atomic mass is 16.6. The lowest BCUT2D eigenvalue weighted by Crippen LogP contribution is -2.29. The van der Waals surface area contributed by atoms with Crippen LogP contribution >= 0.6 is 0 Å². The Bertz CT molecular complexity index is 424. The fourth-order valence-electron chi connectivity index (χ4n) is 3.41. The van der Waals surface area contributed by atoms with E-state index in [9.17, 15) is 14.7 Å². The van der Waals surface area contributed by atoms with Crippen LogP contribution in [0.1, 0.15) is 104 Å². The Balaban J connectivity index is 3.94. The van der Waals surface area contributed by atoms with E-state index in [1.165, 1.54) is 51.9 Å². The Hall–Kier alpha value is -1.18. The van der Waals surface area contributed by atoms with Crippen molar-refractivity contribution in [3.8, 4) is 0 Å². The fraction of sp³-hybridized carbons (Fsp3) is 0.913. The van der Waals surface area contributed by atoms with E-state index in [-0.39, 0.29) is 12.5 Å². The van der Waals surface area contributed by atoms with Crippen molar-refractivity contribution in [3.05, 3.63) is 0 Å². The number of rotatable bonds is 20. The Labute approximate surface area is 182 Å². The van der Waals surface area contributed by atoms with E-state index in [2.05, 4.69) is 6.92 Å². The van der Waals surface area contributed by atoms with Crippen molar-refractivity contribution in [2.75, 3.05) is 13.2 Å². The maximum absolute atomic E-state index is 11.9. The number of unbranched alkanes of at least 4 members (excludes halogenated alkanes) is 8. The summed E-state index contributed by atoms with van der Waals surface area (Å²) in [6.45, 7) is 2.57. The molecule has 0 saturated carbocycles. The van der Waals surface area contributed by atoms with Crippen molar-refractivity contribution in [1.82, 2.24) is 0 Å². The van der Waals surface area contributed by atoms with Crippen LogP contribution in [0, 0.1) is 0 Å². The van der Waals surface area contributed by atoms with Crippen LogP contribution in [0.4, 0.5) is 0 Å². The lowest BCUT2D eigenvalue weighted by atomic mass is 10.0. The minimum absolute atomic E-state index is 0.134. The van der Waals surface area contributed by atoms with E-state index in [1.54, 1.807) is 0 Å². The van der Waals surface area contributed by atoms with Crippen molar-refractivity contribution in [2.24, 2.45) is 0 Å². The molecule has 0 saturated heterocycles. The molecule has 0 heterocycles. The van der Waals surface area contributed by atoms with Crippen LogP contribution in [-0.2, 0) is 19.1 Å². The maximum atomic E-state index is 11.9. The molecule has 0 spiro atoms. The molecule has 30 heavy (non-hydrogen) atoms. The predicted molar refractivity (Wildman–Crippen MR) is 116 cm³/mol. The van der Waals surface area contributed by atoms with Gasteiger partial charge in [-0.3, -0.25) is 9.59 Å². The van der Waals surface area contributed by atoms with Gasteiger partial charge in [0.15, 0.2) is 0 Å². The molecule has 0 aromatic carbocycles. The minimum Gasteiger partial charge on any atom is -0.462 e. The number of ether oxygens (including phenoxy) is 2. The summed E-state index contributed by atoms with van der Waals surface area (Å²) >= 11 is 0. The average molecular weight is 433 g/mol. The van der Waals surface area contributed by atoms with Gasteiger partial charge in [0.1, 0.15) is 12.2 Å². The first kappa shape index (κ1) is 28.8. The summed E-state index contributed by atoms with van der Waals surface area (Å²) < 4.78 is 10.1. The van der Waals surface area contributed by atoms with Crippen molar-refractivity contribution in [2.45, 2.75) is 122 Å². The summed E-state index contributed by atoms with van der Waals surface area (Å²) in [7, 11) is 0. The van der Waals surface area contributed by atoms with E-state index in [1.807, 2.05) is 0 Å². The molecule has 0 bridgehead atoms. The second kappa shape index (κ2) is 19.8. The van der Waals surface area contributed by atoms with E-state index in [0.717, 1.165) is 19.3 Å². The zero-order valence-corrected chi connectivity index (χ0v) is 19.0. The third-order valence-electron chi connectivity index (χ3n) is 5.14. The summed E-state index contributed by atoms with van der Waals surface area (Å²) in [5.41, 5.74) is 0. The molecule has 3 N–H and O–H groups in total. The smallest absolute Gasteiger partial charge is 0.309 e. The molecular formula is C23H44O7. The van der Waals surface area contributed by atoms with Gasteiger partial charge in [0.25, 0.3) is 0 Å². The quantitative estimate of drug-likeness (QED) is 0.199. The first-order valence-electron chi connectivity index (χ1n) is 11.7. The molecule has 2 unspecified atom stereocenters. The molecule has 0 aliphatic heterocycles. The number of aliphatic hydroxyl groups excluding tert-OH is 3. The van der Waals surface area contributed by atoms with Gasteiger partial charge in [0.05, 0.1) is 25.7 Å². The van der Waals surface area contributed by atoms with E-state index < -0.39 is 37.4 Å². The highest BCUT2D eigenvalue weighted by molar-refractivity contribution is 5.71. The van der Waals surface area contributed by atoms with E-state index >= 15 is 0 Å². The van der Waals surface area contributed by atoms with Crippen LogP contribution in [-0.4, -0.2) is 58.8 Å². The predicted octanol–water partition coefficient (Wildman–Crippen LogP) is 3.66. The highest BCUT2D eigenvalue weighted by Gasteiger charge is 2.21. The highest BCUT2D eigenvalue weighted by Crippen LogP contribution is 2.16. The van der Waals surface area contributed by atoms with Gasteiger partial charge in [-0.2, -0.15) is 0 Å². The molecule has 0 amide bonds. The molecule has 7 nitrogen and oxygen atoms in total. The molecule has 0 rings (SSSR count). The standard InChI is InChI=1S/C23H44O7/c1-3-4-5-6-7-8-9-10-11-13-20(27)14-12-15-21(29-19(2)26)16-23(28)30-22(17-24)18-25/h20-22,24-25,27H,3-18H2,1-2H3. The Kier molecular flexibility index (Phi) is 19.0. The SMILES string of the molecule is CCCCCCCCCCCC(O)CCCC(CC(=O)OC(CO)CO)OC(C)=O. The van der Waals surface area contributed by atoms with E-state index in [0.29, 0.717) is 19.3 Å². The van der Waals surface area contributed by atoms with Gasteiger partial charge >= 0.3 is 11.9 Å². The van der Waals surface area contributed by atoms with Gasteiger partial charge in [-0.25, -0.2) is 0 Å². The number of hydrogen-bond donors (Lipinski definition) is 3. The summed E-state index contributed by atoms with van der Waals surface area (Å²) in [6.07, 6.45) is 11.6. The number of carbonyl (C=O) groups is 2. The fourth-order valence-corrected chi connectivity index (χ4v) is 3.41. The number of esters is 2. The minimum atomic E-state index is -0.964. The first-order valence-corrected chi connectivity index (χ1v) is 11.7. The molecule has 178 valence electrons. The number of hydrogen-bond acceptors (Lipinski definition) is 7. The van der Waals surface area contributed by atoms with Crippen molar-refractivity contribution < 1.29 is 34.4 Å². The number of carbonyl (C=O) groups excluding carboxylic acids is 2. The Morgan fingerprint density at radius 2 is 1.27 bits per heavy atom. The lowest BCUT2D eigenvalue weighted by molar-refractivity contribution is -0.160. The third kappa shape index (κ3) is 17.7. The van der Waals surface area contributed by atoms with Gasteiger partial charge in [0, 0.05) is 6.92 Å². The van der Waals surface area contributed by atoms with Crippen molar-refractivity contribution in [3.63, 3.8) is 0 Å². The van der Waals surface area contributed by atoms with Gasteiger partial charge in [-0.05, 0) is 25.7 Å². The molecule has 0 radical (unpaired) electrons. The maximum Gasteiger partial charge on any atom is 0.309 e. The summed E-state index contributed by atoms with van der Waals surface area (Å²) in [5, 5.41) is 28.1. The average Bonchev–Trinajstić information content (AvgIpc) is 2.70. The molecule has 0 aromatic heterocycles. The molecule has 0 aliphatic carbocycles. The molecule has 0 aromatic rings. The third-order valence-corrected chi connectivity index (χ3v) is 5.14. The van der Waals surface area contributed by atoms with Gasteiger partial charge in [-0.15, -0.1) is 0 Å². The number of aliphatic hydroxyl groups is 3. The van der Waals surface area contributed by atoms with Crippen LogP contribution in [0.5, 0.6) is 0 Å². The monoisotopic (exact) mass is 432 g/mol. The lowest BCUT2D eigenvalue weighted by Gasteiger charge is -2.19. The summed E-state index contributed by atoms with van der Waals surface area (Å²) in [5.74, 6) is -1.12. The molecular weight excluding hydrogens is 388 g/mol. The molecule has 2 atom stereocenters. The Morgan fingerprint density at radius 3 is 1.80 bits per heavy atom. The van der Waals surface area contributed by atoms with Crippen LogP contribution in [0.15, 0.2) is 0 Å². The zero-order chi connectivity index (χ0) is 22.6. The zero-order valence-electron chi connectivity index (χ0n) is 19.0. The second-order valence-electron chi connectivity index (χ2n) is 8.11. The second-order valence-corrected chi connectivity index (χ2v) is 8.11. The van der Waals surface area contributed by atoms with Crippen LogP contribution in [0.3, 0.4) is 0 Å². The van der Waals surface area contributed by atoms with Crippen LogP contribution in [0.2, 0.25) is 0 Å². The largest absolute Gasteiger partial charge is 0.462 e. The van der Waals surface area contributed by atoms with E-state index in [4.69, 9.17) is 19.7 Å². The Morgan fingerprint density at radius 1 is 0.733 bits per heavy atom. The van der Waals surface area contributed by atoms with Gasteiger partial charge < -0.3 is 24.8 Å². The molecule has 0 aliphatic rings. The topological polar surface area (TPSA) is 113 Å². The van der Waals surface area contributed by atoms with Crippen molar-refractivity contribution in [1.29, 1.82) is 0 Å². The first-order chi connectivity index (χ1) is 14.4. The summed E-state index contributed by atoms with van der Waals surface area (Å²) in [4.78, 5) is 23.1. The molecule has 7 heteroatoms.